The number of esters is 1. The van der Waals surface area contributed by atoms with Crippen molar-refractivity contribution in [3.63, 3.8) is 0 Å². The molecule has 7 nitrogen and oxygen atoms in total. The fourth-order valence-electron chi connectivity index (χ4n) is 1.62. The largest absolute Gasteiger partial charge is 0.481 e. The van der Waals surface area contributed by atoms with E-state index in [0.29, 0.717) is 17.9 Å². The number of benzene rings is 1. The zero-order valence-corrected chi connectivity index (χ0v) is 11.7. The van der Waals surface area contributed by atoms with Gasteiger partial charge in [-0.15, -0.1) is 0 Å². The number of carboxylic acids is 1. The van der Waals surface area contributed by atoms with Gasteiger partial charge in [-0.05, 0) is 24.6 Å². The van der Waals surface area contributed by atoms with Crippen molar-refractivity contribution < 1.29 is 24.2 Å². The summed E-state index contributed by atoms with van der Waals surface area (Å²) in [6.07, 6.45) is -0.0136. The van der Waals surface area contributed by atoms with Crippen molar-refractivity contribution in [2.24, 2.45) is 0 Å². The van der Waals surface area contributed by atoms with Crippen molar-refractivity contribution in [1.82, 2.24) is 5.32 Å². The summed E-state index contributed by atoms with van der Waals surface area (Å²) in [7, 11) is 0. The number of amides is 2. The summed E-state index contributed by atoms with van der Waals surface area (Å²) in [5.74, 6) is -1.31. The molecule has 114 valence electrons. The van der Waals surface area contributed by atoms with Crippen LogP contribution in [0.4, 0.5) is 10.5 Å². The number of hydrogen-bond acceptors (Lipinski definition) is 4. The summed E-state index contributed by atoms with van der Waals surface area (Å²) in [4.78, 5) is 33.3. The average Bonchev–Trinajstić information content (AvgIpc) is 2.38. The summed E-state index contributed by atoms with van der Waals surface area (Å²) in [5, 5.41) is 13.8. The summed E-state index contributed by atoms with van der Waals surface area (Å²) < 4.78 is 4.73. The fraction of sp³-hybridized carbons (Fsp3) is 0.357. The highest BCUT2D eigenvalue weighted by atomic mass is 16.5. The van der Waals surface area contributed by atoms with Gasteiger partial charge < -0.3 is 20.5 Å². The van der Waals surface area contributed by atoms with Gasteiger partial charge in [0.15, 0.2) is 0 Å². The van der Waals surface area contributed by atoms with Gasteiger partial charge in [-0.3, -0.25) is 9.59 Å². The predicted molar refractivity (Wildman–Crippen MR) is 76.1 cm³/mol. The molecule has 0 heterocycles. The van der Waals surface area contributed by atoms with E-state index in [1.54, 1.807) is 31.2 Å². The topological polar surface area (TPSA) is 105 Å². The van der Waals surface area contributed by atoms with Gasteiger partial charge in [0.05, 0.1) is 19.4 Å². The van der Waals surface area contributed by atoms with Crippen molar-refractivity contribution in [3.05, 3.63) is 29.8 Å². The molecule has 1 aromatic carbocycles. The van der Waals surface area contributed by atoms with Crippen LogP contribution in [0.25, 0.3) is 0 Å². The molecule has 0 saturated carbocycles. The number of hydrogen-bond donors (Lipinski definition) is 3. The van der Waals surface area contributed by atoms with Gasteiger partial charge in [-0.25, -0.2) is 4.79 Å². The molecule has 0 bridgehead atoms. The molecule has 0 saturated heterocycles. The molecule has 0 radical (unpaired) electrons. The normalized spacial score (nSPS) is 9.76. The van der Waals surface area contributed by atoms with E-state index >= 15 is 0 Å². The molecule has 7 heteroatoms. The van der Waals surface area contributed by atoms with Crippen molar-refractivity contribution in [2.45, 2.75) is 19.8 Å². The Bertz CT molecular complexity index is 516. The lowest BCUT2D eigenvalue weighted by molar-refractivity contribution is -0.143. The van der Waals surface area contributed by atoms with Crippen LogP contribution < -0.4 is 10.6 Å². The van der Waals surface area contributed by atoms with E-state index in [1.165, 1.54) is 0 Å². The zero-order chi connectivity index (χ0) is 15.7. The first-order valence-corrected chi connectivity index (χ1v) is 6.52. The Morgan fingerprint density at radius 2 is 2.05 bits per heavy atom. The van der Waals surface area contributed by atoms with Crippen LogP contribution in [0.2, 0.25) is 0 Å². The van der Waals surface area contributed by atoms with E-state index in [0.717, 1.165) is 0 Å². The predicted octanol–water partition coefficient (Wildman–Crippen LogP) is 1.39. The maximum absolute atomic E-state index is 11.6. The highest BCUT2D eigenvalue weighted by molar-refractivity contribution is 5.89. The summed E-state index contributed by atoms with van der Waals surface area (Å²) in [6, 6.07) is 6.09. The van der Waals surface area contributed by atoms with Crippen molar-refractivity contribution >= 4 is 23.7 Å². The minimum atomic E-state index is -0.939. The molecule has 0 fully saturated rings. The van der Waals surface area contributed by atoms with Crippen LogP contribution in [0, 0.1) is 0 Å². The highest BCUT2D eigenvalue weighted by Gasteiger charge is 2.06. The molecule has 0 spiro atoms. The lowest BCUT2D eigenvalue weighted by atomic mass is 10.1. The number of rotatable bonds is 7. The Balaban J connectivity index is 2.40. The molecule has 1 aromatic rings. The van der Waals surface area contributed by atoms with Crippen molar-refractivity contribution in [2.75, 3.05) is 18.5 Å². The number of nitrogens with one attached hydrogen (secondary N) is 2. The monoisotopic (exact) mass is 294 g/mol. The number of carbonyl (C=O) groups excluding carboxylic acids is 2. The lowest BCUT2D eigenvalue weighted by Crippen LogP contribution is -2.30. The third-order valence-electron chi connectivity index (χ3n) is 2.46. The minimum Gasteiger partial charge on any atom is -0.481 e. The Kier molecular flexibility index (Phi) is 6.73. The van der Waals surface area contributed by atoms with E-state index in [2.05, 4.69) is 10.6 Å². The first-order chi connectivity index (χ1) is 10.0. The van der Waals surface area contributed by atoms with E-state index in [1.807, 2.05) is 0 Å². The van der Waals surface area contributed by atoms with Crippen molar-refractivity contribution in [1.29, 1.82) is 0 Å². The second-order valence-electron chi connectivity index (χ2n) is 4.21. The van der Waals surface area contributed by atoms with E-state index in [-0.39, 0.29) is 25.4 Å². The van der Waals surface area contributed by atoms with Gasteiger partial charge in [0.25, 0.3) is 0 Å². The van der Waals surface area contributed by atoms with Gasteiger partial charge in [0.2, 0.25) is 0 Å². The number of carboxylic acid groups (broad SMARTS) is 1. The smallest absolute Gasteiger partial charge is 0.319 e. The van der Waals surface area contributed by atoms with Crippen LogP contribution in [-0.4, -0.2) is 36.2 Å². The van der Waals surface area contributed by atoms with Crippen LogP contribution in [0.5, 0.6) is 0 Å². The van der Waals surface area contributed by atoms with Gasteiger partial charge in [-0.1, -0.05) is 12.1 Å². The molecule has 0 aliphatic carbocycles. The maximum Gasteiger partial charge on any atom is 0.319 e. The SMILES string of the molecule is CCOC(=O)CCNC(=O)Nc1cccc(CC(=O)O)c1. The number of urea groups is 1. The summed E-state index contributed by atoms with van der Waals surface area (Å²) in [5.41, 5.74) is 1.08. The fourth-order valence-corrected chi connectivity index (χ4v) is 1.62. The molecule has 3 N–H and O–H groups in total. The molecule has 2 amide bonds. The van der Waals surface area contributed by atoms with Gasteiger partial charge >= 0.3 is 18.0 Å². The standard InChI is InChI=1S/C14H18N2O5/c1-2-21-13(19)6-7-15-14(20)16-11-5-3-4-10(8-11)9-12(17)18/h3-5,8H,2,6-7,9H2,1H3,(H,17,18)(H2,15,16,20). The number of aliphatic carboxylic acids is 1. The second kappa shape index (κ2) is 8.57. The lowest BCUT2D eigenvalue weighted by Gasteiger charge is -2.08. The Labute approximate surface area is 122 Å². The Morgan fingerprint density at radius 1 is 1.29 bits per heavy atom. The van der Waals surface area contributed by atoms with Crippen LogP contribution in [-0.2, 0) is 20.7 Å². The molecule has 0 aromatic heterocycles. The number of anilines is 1. The zero-order valence-electron chi connectivity index (χ0n) is 11.7. The Morgan fingerprint density at radius 3 is 2.71 bits per heavy atom. The first kappa shape index (κ1) is 16.5. The number of ether oxygens (including phenoxy) is 1. The summed E-state index contributed by atoms with van der Waals surface area (Å²) in [6.45, 7) is 2.18. The molecule has 0 atom stereocenters. The van der Waals surface area contributed by atoms with Crippen LogP contribution >= 0.6 is 0 Å². The van der Waals surface area contributed by atoms with Crippen LogP contribution in [0.15, 0.2) is 24.3 Å². The van der Waals surface area contributed by atoms with E-state index in [4.69, 9.17) is 9.84 Å². The van der Waals surface area contributed by atoms with Crippen LogP contribution in [0.1, 0.15) is 18.9 Å². The molecular formula is C14H18N2O5. The van der Waals surface area contributed by atoms with Gasteiger partial charge in [-0.2, -0.15) is 0 Å². The van der Waals surface area contributed by atoms with Crippen molar-refractivity contribution in [3.8, 4) is 0 Å². The third-order valence-corrected chi connectivity index (χ3v) is 2.46. The first-order valence-electron chi connectivity index (χ1n) is 6.52. The molecule has 0 aliphatic heterocycles. The second-order valence-corrected chi connectivity index (χ2v) is 4.21. The van der Waals surface area contributed by atoms with Gasteiger partial charge in [0.1, 0.15) is 0 Å². The van der Waals surface area contributed by atoms with Gasteiger partial charge in [0, 0.05) is 12.2 Å². The van der Waals surface area contributed by atoms with E-state index in [9.17, 15) is 14.4 Å². The summed E-state index contributed by atoms with van der Waals surface area (Å²) >= 11 is 0. The van der Waals surface area contributed by atoms with Crippen LogP contribution in [0.3, 0.4) is 0 Å². The number of carbonyl (C=O) groups is 3. The highest BCUT2D eigenvalue weighted by Crippen LogP contribution is 2.11. The third kappa shape index (κ3) is 6.95. The Hall–Kier alpha value is -2.57. The molecule has 0 aliphatic rings. The maximum atomic E-state index is 11.6. The minimum absolute atomic E-state index is 0.0975. The quantitative estimate of drug-likeness (QED) is 0.659. The molecule has 0 unspecified atom stereocenters. The average molecular weight is 294 g/mol. The molecule has 21 heavy (non-hydrogen) atoms. The molecular weight excluding hydrogens is 276 g/mol. The van der Waals surface area contributed by atoms with E-state index < -0.39 is 12.0 Å². The molecule has 1 rings (SSSR count).